The van der Waals surface area contributed by atoms with Crippen molar-refractivity contribution in [1.29, 1.82) is 0 Å². The Labute approximate surface area is 133 Å². The van der Waals surface area contributed by atoms with Gasteiger partial charge in [-0.2, -0.15) is 0 Å². The Balaban J connectivity index is 2.36. The predicted octanol–water partition coefficient (Wildman–Crippen LogP) is 2.90. The van der Waals surface area contributed by atoms with Crippen molar-refractivity contribution >= 4 is 29.0 Å². The Kier molecular flexibility index (Phi) is 4.72. The number of halogens is 1. The lowest BCUT2D eigenvalue weighted by molar-refractivity contribution is 0.1000. The molecule has 2 aromatic rings. The quantitative estimate of drug-likeness (QED) is 0.884. The van der Waals surface area contributed by atoms with Crippen molar-refractivity contribution in [3.63, 3.8) is 0 Å². The first-order valence-electron chi connectivity index (χ1n) is 6.41. The zero-order chi connectivity index (χ0) is 16.3. The van der Waals surface area contributed by atoms with E-state index in [4.69, 9.17) is 26.8 Å². The molecule has 1 amide bonds. The topological polar surface area (TPSA) is 86.5 Å². The Hall–Kier alpha value is -2.47. The van der Waals surface area contributed by atoms with Gasteiger partial charge < -0.3 is 20.5 Å². The van der Waals surface area contributed by atoms with E-state index in [-0.39, 0.29) is 10.6 Å². The van der Waals surface area contributed by atoms with Crippen LogP contribution in [0.15, 0.2) is 24.4 Å². The van der Waals surface area contributed by atoms with Crippen LogP contribution in [0.1, 0.15) is 15.9 Å². The van der Waals surface area contributed by atoms with Crippen molar-refractivity contribution in [1.82, 2.24) is 4.98 Å². The third kappa shape index (κ3) is 3.23. The van der Waals surface area contributed by atoms with Crippen LogP contribution in [-0.4, -0.2) is 25.1 Å². The number of aromatic nitrogens is 1. The molecule has 2 rings (SSSR count). The number of benzene rings is 1. The van der Waals surface area contributed by atoms with Crippen molar-refractivity contribution in [3.8, 4) is 11.5 Å². The summed E-state index contributed by atoms with van der Waals surface area (Å²) in [7, 11) is 3.16. The number of rotatable bonds is 5. The summed E-state index contributed by atoms with van der Waals surface area (Å²) in [5.74, 6) is 1.16. The highest BCUT2D eigenvalue weighted by atomic mass is 35.5. The SMILES string of the molecule is COc1cc(Nc2ncc(C(N)=O)cc2Cl)cc(OC)c1C. The summed E-state index contributed by atoms with van der Waals surface area (Å²) >= 11 is 6.11. The molecule has 0 aliphatic rings. The molecule has 0 aliphatic carbocycles. The molecule has 1 aromatic heterocycles. The van der Waals surface area contributed by atoms with Gasteiger partial charge in [0.25, 0.3) is 0 Å². The van der Waals surface area contributed by atoms with Crippen LogP contribution in [0, 0.1) is 6.92 Å². The number of hydrogen-bond donors (Lipinski definition) is 2. The van der Waals surface area contributed by atoms with E-state index in [2.05, 4.69) is 10.3 Å². The van der Waals surface area contributed by atoms with Crippen LogP contribution in [0.25, 0.3) is 0 Å². The van der Waals surface area contributed by atoms with Crippen molar-refractivity contribution in [2.75, 3.05) is 19.5 Å². The van der Waals surface area contributed by atoms with Crippen LogP contribution < -0.4 is 20.5 Å². The molecule has 0 atom stereocenters. The summed E-state index contributed by atoms with van der Waals surface area (Å²) in [5.41, 5.74) is 7.01. The van der Waals surface area contributed by atoms with Crippen molar-refractivity contribution in [2.24, 2.45) is 5.73 Å². The Morgan fingerprint density at radius 1 is 1.23 bits per heavy atom. The highest BCUT2D eigenvalue weighted by molar-refractivity contribution is 6.33. The molecule has 0 fully saturated rings. The molecule has 0 spiro atoms. The highest BCUT2D eigenvalue weighted by Gasteiger charge is 2.11. The van der Waals surface area contributed by atoms with Crippen molar-refractivity contribution < 1.29 is 14.3 Å². The first kappa shape index (κ1) is 15.9. The fourth-order valence-electron chi connectivity index (χ4n) is 1.96. The Bertz CT molecular complexity index is 694. The molecule has 22 heavy (non-hydrogen) atoms. The summed E-state index contributed by atoms with van der Waals surface area (Å²) in [6, 6.07) is 5.07. The summed E-state index contributed by atoms with van der Waals surface area (Å²) in [6.45, 7) is 1.90. The zero-order valence-corrected chi connectivity index (χ0v) is 13.2. The predicted molar refractivity (Wildman–Crippen MR) is 85.3 cm³/mol. The standard InChI is InChI=1S/C15H16ClN3O3/c1-8-12(21-2)5-10(6-13(8)22-3)19-15-11(16)4-9(7-18-15)14(17)20/h4-7H,1-3H3,(H2,17,20)(H,18,19). The number of hydrogen-bond acceptors (Lipinski definition) is 5. The molecular formula is C15H16ClN3O3. The average molecular weight is 322 g/mol. The first-order valence-corrected chi connectivity index (χ1v) is 6.79. The number of ether oxygens (including phenoxy) is 2. The molecule has 1 heterocycles. The van der Waals surface area contributed by atoms with Crippen LogP contribution in [0.5, 0.6) is 11.5 Å². The summed E-state index contributed by atoms with van der Waals surface area (Å²) in [5, 5.41) is 3.35. The van der Waals surface area contributed by atoms with Gasteiger partial charge in [-0.3, -0.25) is 4.79 Å². The minimum Gasteiger partial charge on any atom is -0.496 e. The monoisotopic (exact) mass is 321 g/mol. The van der Waals surface area contributed by atoms with E-state index in [1.807, 2.05) is 6.92 Å². The maximum absolute atomic E-state index is 11.1. The average Bonchev–Trinajstić information content (AvgIpc) is 2.50. The second-order valence-corrected chi connectivity index (χ2v) is 4.96. The Morgan fingerprint density at radius 2 is 1.82 bits per heavy atom. The molecular weight excluding hydrogens is 306 g/mol. The normalized spacial score (nSPS) is 10.2. The van der Waals surface area contributed by atoms with E-state index < -0.39 is 5.91 Å². The van der Waals surface area contributed by atoms with Crippen LogP contribution in [0.4, 0.5) is 11.5 Å². The van der Waals surface area contributed by atoms with Crippen LogP contribution in [0.3, 0.4) is 0 Å². The summed E-state index contributed by atoms with van der Waals surface area (Å²) in [4.78, 5) is 15.2. The van der Waals surface area contributed by atoms with Gasteiger partial charge in [0.15, 0.2) is 0 Å². The number of nitrogens with two attached hydrogens (primary N) is 1. The second-order valence-electron chi connectivity index (χ2n) is 4.55. The Morgan fingerprint density at radius 3 is 2.27 bits per heavy atom. The van der Waals surface area contributed by atoms with E-state index in [0.717, 1.165) is 5.56 Å². The molecule has 0 unspecified atom stereocenters. The lowest BCUT2D eigenvalue weighted by atomic mass is 10.1. The van der Waals surface area contributed by atoms with E-state index in [0.29, 0.717) is 23.0 Å². The van der Waals surface area contributed by atoms with Gasteiger partial charge in [0, 0.05) is 29.6 Å². The first-order chi connectivity index (χ1) is 10.5. The van der Waals surface area contributed by atoms with Crippen LogP contribution >= 0.6 is 11.6 Å². The second kappa shape index (κ2) is 6.53. The van der Waals surface area contributed by atoms with Gasteiger partial charge >= 0.3 is 0 Å². The number of pyridine rings is 1. The summed E-state index contributed by atoms with van der Waals surface area (Å²) < 4.78 is 10.6. The van der Waals surface area contributed by atoms with Crippen molar-refractivity contribution in [3.05, 3.63) is 40.5 Å². The molecule has 7 heteroatoms. The summed E-state index contributed by atoms with van der Waals surface area (Å²) in [6.07, 6.45) is 1.36. The van der Waals surface area contributed by atoms with Crippen LogP contribution in [-0.2, 0) is 0 Å². The van der Waals surface area contributed by atoms with Gasteiger partial charge in [-0.25, -0.2) is 4.98 Å². The van der Waals surface area contributed by atoms with E-state index in [1.54, 1.807) is 26.4 Å². The maximum atomic E-state index is 11.1. The fraction of sp³-hybridized carbons (Fsp3) is 0.200. The van der Waals surface area contributed by atoms with Gasteiger partial charge in [-0.05, 0) is 13.0 Å². The van der Waals surface area contributed by atoms with E-state index in [9.17, 15) is 4.79 Å². The van der Waals surface area contributed by atoms with Gasteiger partial charge in [-0.1, -0.05) is 11.6 Å². The van der Waals surface area contributed by atoms with Crippen LogP contribution in [0.2, 0.25) is 5.02 Å². The van der Waals surface area contributed by atoms with Gasteiger partial charge in [0.1, 0.15) is 17.3 Å². The third-order valence-electron chi connectivity index (χ3n) is 3.14. The largest absolute Gasteiger partial charge is 0.496 e. The molecule has 0 bridgehead atoms. The minimum atomic E-state index is -0.584. The van der Waals surface area contributed by atoms with Gasteiger partial charge in [0.2, 0.25) is 5.91 Å². The molecule has 0 saturated carbocycles. The van der Waals surface area contributed by atoms with Gasteiger partial charge in [-0.15, -0.1) is 0 Å². The number of carbonyl (C=O) groups excluding carboxylic acids is 1. The van der Waals surface area contributed by atoms with Crippen molar-refractivity contribution in [2.45, 2.75) is 6.92 Å². The molecule has 1 aromatic carbocycles. The highest BCUT2D eigenvalue weighted by Crippen LogP contribution is 2.34. The van der Waals surface area contributed by atoms with E-state index >= 15 is 0 Å². The number of anilines is 2. The maximum Gasteiger partial charge on any atom is 0.250 e. The molecule has 0 aliphatic heterocycles. The molecule has 116 valence electrons. The molecule has 3 N–H and O–H groups in total. The zero-order valence-electron chi connectivity index (χ0n) is 12.4. The smallest absolute Gasteiger partial charge is 0.250 e. The molecule has 6 nitrogen and oxygen atoms in total. The number of primary amides is 1. The third-order valence-corrected chi connectivity index (χ3v) is 3.43. The number of amides is 1. The minimum absolute atomic E-state index is 0.245. The number of nitrogens with one attached hydrogen (secondary N) is 1. The molecule has 0 saturated heterocycles. The number of methoxy groups -OCH3 is 2. The molecule has 0 radical (unpaired) electrons. The van der Waals surface area contributed by atoms with E-state index in [1.165, 1.54) is 12.3 Å². The lowest BCUT2D eigenvalue weighted by Crippen LogP contribution is -2.11. The number of nitrogens with zero attached hydrogens (tertiary/aromatic N) is 1. The number of carbonyl (C=O) groups is 1. The van der Waals surface area contributed by atoms with Gasteiger partial charge in [0.05, 0.1) is 24.8 Å². The lowest BCUT2D eigenvalue weighted by Gasteiger charge is -2.14. The fourth-order valence-corrected chi connectivity index (χ4v) is 2.17.